The number of thioether (sulfide) groups is 1. The third-order valence-corrected chi connectivity index (χ3v) is 5.27. The maximum absolute atomic E-state index is 12.0. The van der Waals surface area contributed by atoms with E-state index in [-0.39, 0.29) is 17.2 Å². The number of rotatable bonds is 5. The van der Waals surface area contributed by atoms with Crippen LogP contribution in [-0.4, -0.2) is 36.0 Å². The minimum absolute atomic E-state index is 0.0883. The van der Waals surface area contributed by atoms with Crippen molar-refractivity contribution in [3.8, 4) is 11.4 Å². The van der Waals surface area contributed by atoms with E-state index in [1.165, 1.54) is 33.7 Å². The molecule has 25 heavy (non-hydrogen) atoms. The summed E-state index contributed by atoms with van der Waals surface area (Å²) in [6, 6.07) is 3.19. The number of aryl methyl sites for hydroxylation is 2. The second-order valence-corrected chi connectivity index (χ2v) is 7.16. The van der Waals surface area contributed by atoms with Gasteiger partial charge < -0.3 is 14.5 Å². The highest BCUT2D eigenvalue weighted by Gasteiger charge is 2.14. The normalized spacial score (nSPS) is 10.8. The maximum Gasteiger partial charge on any atom is 0.250 e. The highest BCUT2D eigenvalue weighted by molar-refractivity contribution is 7.99. The summed E-state index contributed by atoms with van der Waals surface area (Å²) in [4.78, 5) is 27.7. The lowest BCUT2D eigenvalue weighted by Gasteiger charge is -2.05. The van der Waals surface area contributed by atoms with Crippen molar-refractivity contribution in [3.05, 3.63) is 39.8 Å². The van der Waals surface area contributed by atoms with Gasteiger partial charge in [-0.05, 0) is 13.0 Å². The lowest BCUT2D eigenvalue weighted by atomic mass is 10.2. The van der Waals surface area contributed by atoms with Crippen LogP contribution in [0.1, 0.15) is 5.69 Å². The molecule has 3 aromatic heterocycles. The second-order valence-electron chi connectivity index (χ2n) is 5.36. The van der Waals surface area contributed by atoms with Crippen LogP contribution in [-0.2, 0) is 18.9 Å². The highest BCUT2D eigenvalue weighted by Crippen LogP contribution is 2.22. The van der Waals surface area contributed by atoms with Gasteiger partial charge in [-0.25, -0.2) is 4.98 Å². The van der Waals surface area contributed by atoms with Crippen LogP contribution in [0.2, 0.25) is 0 Å². The van der Waals surface area contributed by atoms with Crippen molar-refractivity contribution in [1.82, 2.24) is 24.3 Å². The van der Waals surface area contributed by atoms with Gasteiger partial charge in [0.15, 0.2) is 16.1 Å². The Morgan fingerprint density at radius 3 is 2.80 bits per heavy atom. The fraction of sp³-hybridized carbons (Fsp3) is 0.267. The van der Waals surface area contributed by atoms with Crippen LogP contribution in [0.25, 0.3) is 11.4 Å². The quantitative estimate of drug-likeness (QED) is 0.681. The smallest absolute Gasteiger partial charge is 0.250 e. The molecule has 0 spiro atoms. The Balaban J connectivity index is 1.67. The summed E-state index contributed by atoms with van der Waals surface area (Å²) in [5.41, 5.74) is 1.57. The van der Waals surface area contributed by atoms with Crippen LogP contribution < -0.4 is 10.9 Å². The van der Waals surface area contributed by atoms with E-state index in [1.807, 2.05) is 19.4 Å². The molecule has 0 unspecified atom stereocenters. The van der Waals surface area contributed by atoms with Gasteiger partial charge in [-0.3, -0.25) is 9.59 Å². The molecule has 130 valence electrons. The number of nitrogens with one attached hydrogen (secondary N) is 1. The molecule has 0 saturated carbocycles. The van der Waals surface area contributed by atoms with Crippen molar-refractivity contribution in [2.75, 3.05) is 11.1 Å². The summed E-state index contributed by atoms with van der Waals surface area (Å²) >= 11 is 2.68. The summed E-state index contributed by atoms with van der Waals surface area (Å²) in [6.45, 7) is 1.88. The minimum atomic E-state index is -0.147. The van der Waals surface area contributed by atoms with E-state index in [0.29, 0.717) is 16.1 Å². The lowest BCUT2D eigenvalue weighted by Crippen LogP contribution is -2.15. The fourth-order valence-corrected chi connectivity index (χ4v) is 3.53. The third kappa shape index (κ3) is 3.97. The molecule has 0 aromatic carbocycles. The second kappa shape index (κ2) is 7.19. The van der Waals surface area contributed by atoms with Crippen molar-refractivity contribution in [1.29, 1.82) is 0 Å². The molecule has 3 aromatic rings. The molecule has 1 amide bonds. The van der Waals surface area contributed by atoms with Gasteiger partial charge in [0.05, 0.1) is 11.4 Å². The number of thiazole rings is 1. The van der Waals surface area contributed by atoms with Crippen molar-refractivity contribution < 1.29 is 4.79 Å². The Bertz CT molecular complexity index is 975. The number of carbonyl (C=O) groups excluding carboxylic acids is 1. The maximum atomic E-state index is 12.0. The predicted molar refractivity (Wildman–Crippen MR) is 97.9 cm³/mol. The number of anilines is 1. The average Bonchev–Trinajstić information content (AvgIpc) is 3.14. The highest BCUT2D eigenvalue weighted by atomic mass is 32.2. The Morgan fingerprint density at radius 2 is 2.12 bits per heavy atom. The summed E-state index contributed by atoms with van der Waals surface area (Å²) in [6.07, 6.45) is 1.71. The zero-order valence-corrected chi connectivity index (χ0v) is 15.5. The van der Waals surface area contributed by atoms with Crippen molar-refractivity contribution in [2.24, 2.45) is 14.1 Å². The lowest BCUT2D eigenvalue weighted by molar-refractivity contribution is -0.113. The first kappa shape index (κ1) is 17.4. The minimum Gasteiger partial charge on any atom is -0.318 e. The molecule has 0 aliphatic rings. The van der Waals surface area contributed by atoms with Gasteiger partial charge in [-0.15, -0.1) is 21.5 Å². The SMILES string of the molecule is Cc1csc(NC(=O)CSc2nnc(-c3ccc(=O)n(C)c3)n2C)n1. The molecular weight excluding hydrogens is 360 g/mol. The molecule has 0 radical (unpaired) electrons. The number of hydrogen-bond acceptors (Lipinski definition) is 7. The van der Waals surface area contributed by atoms with Crippen molar-refractivity contribution in [2.45, 2.75) is 12.1 Å². The van der Waals surface area contributed by atoms with E-state index in [0.717, 1.165) is 11.3 Å². The van der Waals surface area contributed by atoms with E-state index in [2.05, 4.69) is 20.5 Å². The monoisotopic (exact) mass is 376 g/mol. The van der Waals surface area contributed by atoms with Gasteiger partial charge in [0, 0.05) is 37.3 Å². The van der Waals surface area contributed by atoms with Gasteiger partial charge in [0.2, 0.25) is 11.5 Å². The number of carbonyl (C=O) groups is 1. The first-order chi connectivity index (χ1) is 11.9. The van der Waals surface area contributed by atoms with E-state index in [9.17, 15) is 9.59 Å². The summed E-state index contributed by atoms with van der Waals surface area (Å²) in [5.74, 6) is 0.692. The summed E-state index contributed by atoms with van der Waals surface area (Å²) in [7, 11) is 3.51. The number of hydrogen-bond donors (Lipinski definition) is 1. The van der Waals surface area contributed by atoms with Crippen LogP contribution in [0.5, 0.6) is 0 Å². The van der Waals surface area contributed by atoms with Crippen LogP contribution in [0, 0.1) is 6.92 Å². The van der Waals surface area contributed by atoms with E-state index >= 15 is 0 Å². The molecule has 0 aliphatic heterocycles. The zero-order valence-electron chi connectivity index (χ0n) is 13.9. The molecule has 0 bridgehead atoms. The third-order valence-electron chi connectivity index (χ3n) is 3.38. The van der Waals surface area contributed by atoms with Gasteiger partial charge >= 0.3 is 0 Å². The molecule has 1 N–H and O–H groups in total. The van der Waals surface area contributed by atoms with Crippen molar-refractivity contribution >= 4 is 34.1 Å². The van der Waals surface area contributed by atoms with Gasteiger partial charge in [0.25, 0.3) is 0 Å². The predicted octanol–water partition coefficient (Wildman–Crippen LogP) is 1.68. The standard InChI is InChI=1S/C15H16N6O2S2/c1-9-7-24-14(16-9)17-11(22)8-25-15-19-18-13(21(15)3)10-4-5-12(23)20(2)6-10/h4-7H,8H2,1-3H3,(H,16,17,22). The number of pyridine rings is 1. The summed E-state index contributed by atoms with van der Waals surface area (Å²) in [5, 5.41) is 14.1. The van der Waals surface area contributed by atoms with Crippen LogP contribution >= 0.6 is 23.1 Å². The van der Waals surface area contributed by atoms with Crippen LogP contribution in [0.3, 0.4) is 0 Å². The number of aromatic nitrogens is 5. The van der Waals surface area contributed by atoms with Crippen molar-refractivity contribution in [3.63, 3.8) is 0 Å². The molecule has 0 aliphatic carbocycles. The van der Waals surface area contributed by atoms with E-state index in [4.69, 9.17) is 0 Å². The molecule has 3 heterocycles. The Morgan fingerprint density at radius 1 is 1.32 bits per heavy atom. The van der Waals surface area contributed by atoms with Gasteiger partial charge in [-0.1, -0.05) is 11.8 Å². The van der Waals surface area contributed by atoms with Crippen LogP contribution in [0.4, 0.5) is 5.13 Å². The van der Waals surface area contributed by atoms with Gasteiger partial charge in [-0.2, -0.15) is 0 Å². The molecule has 0 saturated heterocycles. The molecule has 10 heteroatoms. The zero-order chi connectivity index (χ0) is 18.0. The van der Waals surface area contributed by atoms with E-state index in [1.54, 1.807) is 23.9 Å². The number of nitrogens with zero attached hydrogens (tertiary/aromatic N) is 5. The molecule has 3 rings (SSSR count). The first-order valence-corrected chi connectivity index (χ1v) is 9.22. The molecule has 8 nitrogen and oxygen atoms in total. The molecular formula is C15H16N6O2S2. The fourth-order valence-electron chi connectivity index (χ4n) is 2.11. The number of amides is 1. The Labute approximate surface area is 151 Å². The molecule has 0 fully saturated rings. The Kier molecular flexibility index (Phi) is 5.00. The summed E-state index contributed by atoms with van der Waals surface area (Å²) < 4.78 is 3.28. The first-order valence-electron chi connectivity index (χ1n) is 7.35. The largest absolute Gasteiger partial charge is 0.318 e. The Hall–Kier alpha value is -2.46. The molecule has 0 atom stereocenters. The van der Waals surface area contributed by atoms with E-state index < -0.39 is 0 Å². The van der Waals surface area contributed by atoms with Crippen LogP contribution in [0.15, 0.2) is 33.7 Å². The topological polar surface area (TPSA) is 94.7 Å². The average molecular weight is 376 g/mol. The van der Waals surface area contributed by atoms with Gasteiger partial charge in [0.1, 0.15) is 0 Å².